The van der Waals surface area contributed by atoms with E-state index in [1.165, 1.54) is 6.07 Å². The first-order valence-electron chi connectivity index (χ1n) is 5.14. The van der Waals surface area contributed by atoms with Crippen LogP contribution in [0.5, 0.6) is 0 Å². The van der Waals surface area contributed by atoms with Gasteiger partial charge in [0.2, 0.25) is 0 Å². The van der Waals surface area contributed by atoms with Gasteiger partial charge in [-0.05, 0) is 32.0 Å². The topological polar surface area (TPSA) is 20.3 Å². The average Bonchev–Trinajstić information content (AvgIpc) is 2.44. The summed E-state index contributed by atoms with van der Waals surface area (Å²) in [6, 6.07) is 4.55. The number of benzene rings is 1. The molecule has 1 aromatic rings. The second-order valence-electron chi connectivity index (χ2n) is 4.71. The van der Waals surface area contributed by atoms with Crippen LogP contribution in [0.2, 0.25) is 5.02 Å². The largest absolute Gasteiger partial charge is 0.359 e. The van der Waals surface area contributed by atoms with Crippen LogP contribution in [0.4, 0.5) is 10.1 Å². The summed E-state index contributed by atoms with van der Waals surface area (Å²) in [5, 5.41) is 0.0904. The Bertz CT molecular complexity index is 445. The van der Waals surface area contributed by atoms with Crippen LogP contribution >= 0.6 is 11.6 Å². The molecular weight excluding hydrogens is 229 g/mol. The maximum Gasteiger partial charge on any atom is 0.154 e. The fourth-order valence-electron chi connectivity index (χ4n) is 2.12. The van der Waals surface area contributed by atoms with E-state index in [4.69, 9.17) is 11.6 Å². The van der Waals surface area contributed by atoms with Crippen LogP contribution in [0.25, 0.3) is 0 Å². The first kappa shape index (κ1) is 11.4. The smallest absolute Gasteiger partial charge is 0.154 e. The molecule has 1 heterocycles. The molecule has 1 aliphatic rings. The van der Waals surface area contributed by atoms with Crippen LogP contribution in [0.15, 0.2) is 18.2 Å². The summed E-state index contributed by atoms with van der Waals surface area (Å²) in [5.41, 5.74) is 0.570. The molecule has 1 aliphatic heterocycles. The minimum absolute atomic E-state index is 0.0904. The van der Waals surface area contributed by atoms with Crippen molar-refractivity contribution in [2.75, 3.05) is 11.4 Å². The van der Waals surface area contributed by atoms with Crippen molar-refractivity contribution < 1.29 is 9.18 Å². The summed E-state index contributed by atoms with van der Waals surface area (Å²) >= 11 is 5.74. The highest BCUT2D eigenvalue weighted by molar-refractivity contribution is 6.31. The van der Waals surface area contributed by atoms with Crippen LogP contribution < -0.4 is 4.90 Å². The van der Waals surface area contributed by atoms with Gasteiger partial charge in [-0.1, -0.05) is 11.6 Å². The van der Waals surface area contributed by atoms with E-state index in [-0.39, 0.29) is 16.3 Å². The van der Waals surface area contributed by atoms with Crippen LogP contribution in [0.3, 0.4) is 0 Å². The molecule has 1 aromatic carbocycles. The number of Topliss-reactive ketones (excluding diaryl/α,β-unsaturated/α-hetero) is 1. The third-order valence-electron chi connectivity index (χ3n) is 2.91. The molecule has 2 rings (SSSR count). The lowest BCUT2D eigenvalue weighted by molar-refractivity contribution is -0.116. The number of hydrogen-bond donors (Lipinski definition) is 0. The van der Waals surface area contributed by atoms with Gasteiger partial charge in [0.05, 0.1) is 11.6 Å². The quantitative estimate of drug-likeness (QED) is 0.753. The number of hydrogen-bond acceptors (Lipinski definition) is 2. The van der Waals surface area contributed by atoms with Gasteiger partial charge in [0.15, 0.2) is 5.78 Å². The SMILES string of the molecule is CC1(C)CC(=O)CN1c1ccc(F)c(Cl)c1. The Labute approximate surface area is 99.0 Å². The molecule has 0 saturated carbocycles. The standard InChI is InChI=1S/C12H13ClFNO/c1-12(2)6-9(16)7-15(12)8-3-4-11(14)10(13)5-8/h3-5H,6-7H2,1-2H3. The van der Waals surface area contributed by atoms with Gasteiger partial charge in [-0.25, -0.2) is 4.39 Å². The number of halogens is 2. The van der Waals surface area contributed by atoms with E-state index in [1.54, 1.807) is 12.1 Å². The van der Waals surface area contributed by atoms with Gasteiger partial charge < -0.3 is 4.90 Å². The molecule has 1 saturated heterocycles. The molecule has 0 N–H and O–H groups in total. The molecule has 0 bridgehead atoms. The average molecular weight is 242 g/mol. The van der Waals surface area contributed by atoms with Gasteiger partial charge in [0.1, 0.15) is 5.82 Å². The molecule has 2 nitrogen and oxygen atoms in total. The Morgan fingerprint density at radius 1 is 1.44 bits per heavy atom. The van der Waals surface area contributed by atoms with Crippen LogP contribution in [0, 0.1) is 5.82 Å². The van der Waals surface area contributed by atoms with Crippen molar-refractivity contribution >= 4 is 23.1 Å². The van der Waals surface area contributed by atoms with Gasteiger partial charge >= 0.3 is 0 Å². The minimum atomic E-state index is -0.436. The summed E-state index contributed by atoms with van der Waals surface area (Å²) in [6.07, 6.45) is 0.516. The fraction of sp³-hybridized carbons (Fsp3) is 0.417. The van der Waals surface area contributed by atoms with Gasteiger partial charge in [-0.3, -0.25) is 4.79 Å². The third kappa shape index (κ3) is 1.92. The summed E-state index contributed by atoms with van der Waals surface area (Å²) in [4.78, 5) is 13.4. The molecule has 0 atom stereocenters. The third-order valence-corrected chi connectivity index (χ3v) is 3.20. The molecule has 86 valence electrons. The molecule has 0 radical (unpaired) electrons. The lowest BCUT2D eigenvalue weighted by Crippen LogP contribution is -2.38. The monoisotopic (exact) mass is 241 g/mol. The summed E-state index contributed by atoms with van der Waals surface area (Å²) < 4.78 is 13.0. The molecule has 0 aromatic heterocycles. The van der Waals surface area contributed by atoms with Crippen molar-refractivity contribution in [3.8, 4) is 0 Å². The van der Waals surface area contributed by atoms with E-state index >= 15 is 0 Å². The molecule has 16 heavy (non-hydrogen) atoms. The van der Waals surface area contributed by atoms with Crippen molar-refractivity contribution in [1.29, 1.82) is 0 Å². The highest BCUT2D eigenvalue weighted by atomic mass is 35.5. The van der Waals surface area contributed by atoms with E-state index in [0.29, 0.717) is 13.0 Å². The number of carbonyl (C=O) groups excluding carboxylic acids is 1. The Hall–Kier alpha value is -1.09. The number of nitrogens with zero attached hydrogens (tertiary/aromatic N) is 1. The second kappa shape index (κ2) is 3.74. The number of rotatable bonds is 1. The second-order valence-corrected chi connectivity index (χ2v) is 5.12. The number of anilines is 1. The molecule has 0 unspecified atom stereocenters. The lowest BCUT2D eigenvalue weighted by atomic mass is 10.0. The highest BCUT2D eigenvalue weighted by Crippen LogP contribution is 2.33. The zero-order chi connectivity index (χ0) is 11.9. The Balaban J connectivity index is 2.37. The molecule has 0 aliphatic carbocycles. The van der Waals surface area contributed by atoms with E-state index in [2.05, 4.69) is 0 Å². The molecule has 0 spiro atoms. The molecule has 4 heteroatoms. The zero-order valence-electron chi connectivity index (χ0n) is 9.26. The molecular formula is C12H13ClFNO. The first-order chi connectivity index (χ1) is 7.40. The maximum atomic E-state index is 13.0. The lowest BCUT2D eigenvalue weighted by Gasteiger charge is -2.32. The van der Waals surface area contributed by atoms with Crippen molar-refractivity contribution in [3.05, 3.63) is 29.0 Å². The van der Waals surface area contributed by atoms with E-state index in [9.17, 15) is 9.18 Å². The van der Waals surface area contributed by atoms with Crippen LogP contribution in [-0.4, -0.2) is 17.9 Å². The Morgan fingerprint density at radius 3 is 2.62 bits per heavy atom. The summed E-state index contributed by atoms with van der Waals surface area (Å²) in [7, 11) is 0. The normalized spacial score (nSPS) is 19.2. The van der Waals surface area contributed by atoms with Gasteiger partial charge in [0, 0.05) is 17.6 Å². The maximum absolute atomic E-state index is 13.0. The highest BCUT2D eigenvalue weighted by Gasteiger charge is 2.37. The summed E-state index contributed by atoms with van der Waals surface area (Å²) in [6.45, 7) is 4.36. The zero-order valence-corrected chi connectivity index (χ0v) is 10.0. The van der Waals surface area contributed by atoms with Crippen molar-refractivity contribution in [2.24, 2.45) is 0 Å². The Morgan fingerprint density at radius 2 is 2.12 bits per heavy atom. The van der Waals surface area contributed by atoms with Crippen molar-refractivity contribution in [2.45, 2.75) is 25.8 Å². The van der Waals surface area contributed by atoms with Gasteiger partial charge in [-0.2, -0.15) is 0 Å². The predicted molar refractivity (Wildman–Crippen MR) is 62.5 cm³/mol. The van der Waals surface area contributed by atoms with Crippen LogP contribution in [-0.2, 0) is 4.79 Å². The van der Waals surface area contributed by atoms with Crippen molar-refractivity contribution in [3.63, 3.8) is 0 Å². The Kier molecular flexibility index (Phi) is 2.66. The fourth-order valence-corrected chi connectivity index (χ4v) is 2.29. The first-order valence-corrected chi connectivity index (χ1v) is 5.52. The summed E-state index contributed by atoms with van der Waals surface area (Å²) in [5.74, 6) is -0.237. The van der Waals surface area contributed by atoms with E-state index in [1.807, 2.05) is 18.7 Å². The van der Waals surface area contributed by atoms with E-state index < -0.39 is 5.82 Å². The van der Waals surface area contributed by atoms with Crippen molar-refractivity contribution in [1.82, 2.24) is 0 Å². The van der Waals surface area contributed by atoms with Gasteiger partial charge in [0.25, 0.3) is 0 Å². The molecule has 1 fully saturated rings. The molecule has 0 amide bonds. The van der Waals surface area contributed by atoms with Crippen LogP contribution in [0.1, 0.15) is 20.3 Å². The number of ketones is 1. The predicted octanol–water partition coefficient (Wildman–Crippen LogP) is 3.04. The minimum Gasteiger partial charge on any atom is -0.359 e. The van der Waals surface area contributed by atoms with E-state index in [0.717, 1.165) is 5.69 Å². The van der Waals surface area contributed by atoms with Gasteiger partial charge in [-0.15, -0.1) is 0 Å². The number of carbonyl (C=O) groups is 1.